The van der Waals surface area contributed by atoms with Crippen LogP contribution in [0.15, 0.2) is 90.1 Å². The number of rotatable bonds is 5. The number of nitrogens with zero attached hydrogens (tertiary/aromatic N) is 5. The average Bonchev–Trinajstić information content (AvgIpc) is 3.23. The summed E-state index contributed by atoms with van der Waals surface area (Å²) in [5.41, 5.74) is 4.50. The van der Waals surface area contributed by atoms with Crippen molar-refractivity contribution in [1.82, 2.24) is 24.8 Å². The fourth-order valence-corrected chi connectivity index (χ4v) is 4.32. The van der Waals surface area contributed by atoms with E-state index in [1.807, 2.05) is 43.3 Å². The van der Waals surface area contributed by atoms with Crippen LogP contribution < -0.4 is 4.72 Å². The number of aromatic nitrogens is 5. The van der Waals surface area contributed by atoms with Gasteiger partial charge in [-0.05, 0) is 55.5 Å². The lowest BCUT2D eigenvalue weighted by atomic mass is 10.1. The van der Waals surface area contributed by atoms with Gasteiger partial charge in [-0.15, -0.1) is 10.2 Å². The Morgan fingerprint density at radius 2 is 1.50 bits per heavy atom. The van der Waals surface area contributed by atoms with Crippen molar-refractivity contribution in [3.8, 4) is 22.6 Å². The van der Waals surface area contributed by atoms with Gasteiger partial charge in [0, 0.05) is 29.2 Å². The molecule has 0 aliphatic carbocycles. The average molecular weight is 443 g/mol. The summed E-state index contributed by atoms with van der Waals surface area (Å²) in [5, 5.41) is 13.1. The first-order valence-electron chi connectivity index (χ1n) is 9.82. The van der Waals surface area contributed by atoms with E-state index in [-0.39, 0.29) is 4.90 Å². The lowest BCUT2D eigenvalue weighted by Crippen LogP contribution is -2.12. The molecule has 32 heavy (non-hydrogen) atoms. The standard InChI is InChI=1S/C23H18N6O2S/c1-16-2-8-20(9-3-16)32(30,31)28-19-6-4-17(5-7-19)21-10-11-22-25-26-23(29(22)27-21)18-12-14-24-15-13-18/h2-15,28H,1H3. The van der Waals surface area contributed by atoms with Gasteiger partial charge < -0.3 is 0 Å². The number of hydrogen-bond donors (Lipinski definition) is 1. The summed E-state index contributed by atoms with van der Waals surface area (Å²) >= 11 is 0. The van der Waals surface area contributed by atoms with Gasteiger partial charge in [-0.25, -0.2) is 8.42 Å². The first-order chi connectivity index (χ1) is 15.5. The molecule has 0 unspecified atom stereocenters. The number of pyridine rings is 1. The van der Waals surface area contributed by atoms with E-state index in [0.29, 0.717) is 22.9 Å². The van der Waals surface area contributed by atoms with Gasteiger partial charge in [0.05, 0.1) is 10.6 Å². The molecule has 0 aliphatic heterocycles. The van der Waals surface area contributed by atoms with Crippen LogP contribution in [0, 0.1) is 6.92 Å². The van der Waals surface area contributed by atoms with Gasteiger partial charge in [0.15, 0.2) is 11.5 Å². The van der Waals surface area contributed by atoms with Crippen molar-refractivity contribution in [2.24, 2.45) is 0 Å². The third-order valence-corrected chi connectivity index (χ3v) is 6.36. The molecular formula is C23H18N6O2S. The Bertz CT molecular complexity index is 1500. The SMILES string of the molecule is Cc1ccc(S(=O)(=O)Nc2ccc(-c3ccc4nnc(-c5ccncc5)n4n3)cc2)cc1. The Labute approximate surface area is 184 Å². The zero-order valence-electron chi connectivity index (χ0n) is 17.0. The summed E-state index contributed by atoms with van der Waals surface area (Å²) in [6, 6.07) is 21.2. The lowest BCUT2D eigenvalue weighted by molar-refractivity contribution is 0.601. The minimum atomic E-state index is -3.66. The van der Waals surface area contributed by atoms with Crippen LogP contribution in [-0.2, 0) is 10.0 Å². The van der Waals surface area contributed by atoms with Crippen LogP contribution in [0.3, 0.4) is 0 Å². The van der Waals surface area contributed by atoms with Gasteiger partial charge >= 0.3 is 0 Å². The third-order valence-electron chi connectivity index (χ3n) is 4.97. The molecule has 0 radical (unpaired) electrons. The molecule has 0 bridgehead atoms. The Morgan fingerprint density at radius 1 is 0.781 bits per heavy atom. The second kappa shape index (κ2) is 7.86. The predicted molar refractivity (Wildman–Crippen MR) is 121 cm³/mol. The Morgan fingerprint density at radius 3 is 2.22 bits per heavy atom. The van der Waals surface area contributed by atoms with E-state index in [9.17, 15) is 8.42 Å². The maximum absolute atomic E-state index is 12.6. The van der Waals surface area contributed by atoms with E-state index >= 15 is 0 Å². The van der Waals surface area contributed by atoms with Crippen LogP contribution in [0.4, 0.5) is 5.69 Å². The highest BCUT2D eigenvalue weighted by atomic mass is 32.2. The van der Waals surface area contributed by atoms with Crippen LogP contribution in [-0.4, -0.2) is 33.2 Å². The van der Waals surface area contributed by atoms with E-state index in [4.69, 9.17) is 0 Å². The fourth-order valence-electron chi connectivity index (χ4n) is 3.26. The maximum Gasteiger partial charge on any atom is 0.261 e. The van der Waals surface area contributed by atoms with Crippen LogP contribution in [0.5, 0.6) is 0 Å². The van der Waals surface area contributed by atoms with Crippen molar-refractivity contribution < 1.29 is 8.42 Å². The Balaban J connectivity index is 1.43. The molecule has 0 saturated carbocycles. The van der Waals surface area contributed by atoms with Crippen LogP contribution >= 0.6 is 0 Å². The highest BCUT2D eigenvalue weighted by molar-refractivity contribution is 7.92. The monoisotopic (exact) mass is 442 g/mol. The molecule has 9 heteroatoms. The second-order valence-electron chi connectivity index (χ2n) is 7.24. The van der Waals surface area contributed by atoms with Crippen LogP contribution in [0.2, 0.25) is 0 Å². The molecule has 0 aliphatic rings. The molecule has 2 aromatic carbocycles. The molecule has 0 atom stereocenters. The first-order valence-corrected chi connectivity index (χ1v) is 11.3. The van der Waals surface area contributed by atoms with Gasteiger partial charge in [-0.1, -0.05) is 29.8 Å². The topological polar surface area (TPSA) is 102 Å². The summed E-state index contributed by atoms with van der Waals surface area (Å²) < 4.78 is 29.5. The Hall–Kier alpha value is -4.11. The molecular weight excluding hydrogens is 424 g/mol. The Kier molecular flexibility index (Phi) is 4.87. The van der Waals surface area contributed by atoms with Crippen molar-refractivity contribution in [3.63, 3.8) is 0 Å². The van der Waals surface area contributed by atoms with E-state index in [1.165, 1.54) is 0 Å². The normalized spacial score (nSPS) is 11.5. The predicted octanol–water partition coefficient (Wildman–Crippen LogP) is 3.96. The molecule has 3 heterocycles. The zero-order chi connectivity index (χ0) is 22.1. The summed E-state index contributed by atoms with van der Waals surface area (Å²) in [5.74, 6) is 0.617. The second-order valence-corrected chi connectivity index (χ2v) is 8.93. The molecule has 5 rings (SSSR count). The molecule has 3 aromatic heterocycles. The van der Waals surface area contributed by atoms with E-state index < -0.39 is 10.0 Å². The van der Waals surface area contributed by atoms with Crippen molar-refractivity contribution >= 4 is 21.4 Å². The summed E-state index contributed by atoms with van der Waals surface area (Å²) in [6.45, 7) is 1.91. The van der Waals surface area contributed by atoms with Crippen LogP contribution in [0.25, 0.3) is 28.3 Å². The number of benzene rings is 2. The molecule has 158 valence electrons. The number of nitrogens with one attached hydrogen (secondary N) is 1. The summed E-state index contributed by atoms with van der Waals surface area (Å²) in [6.07, 6.45) is 3.38. The van der Waals surface area contributed by atoms with Crippen molar-refractivity contribution in [1.29, 1.82) is 0 Å². The minimum Gasteiger partial charge on any atom is -0.280 e. The van der Waals surface area contributed by atoms with Gasteiger partial charge in [0.2, 0.25) is 0 Å². The lowest BCUT2D eigenvalue weighted by Gasteiger charge is -2.09. The third kappa shape index (κ3) is 3.81. The van der Waals surface area contributed by atoms with E-state index in [1.54, 1.807) is 53.3 Å². The summed E-state index contributed by atoms with van der Waals surface area (Å²) in [4.78, 5) is 4.25. The van der Waals surface area contributed by atoms with Crippen LogP contribution in [0.1, 0.15) is 5.56 Å². The van der Waals surface area contributed by atoms with Crippen molar-refractivity contribution in [3.05, 3.63) is 90.8 Å². The highest BCUT2D eigenvalue weighted by Crippen LogP contribution is 2.23. The van der Waals surface area contributed by atoms with Gasteiger partial charge in [-0.2, -0.15) is 9.61 Å². The maximum atomic E-state index is 12.6. The molecule has 0 spiro atoms. The first kappa shape index (κ1) is 19.8. The summed E-state index contributed by atoms with van der Waals surface area (Å²) in [7, 11) is -3.66. The van der Waals surface area contributed by atoms with Crippen molar-refractivity contribution in [2.45, 2.75) is 11.8 Å². The molecule has 0 fully saturated rings. The molecule has 5 aromatic rings. The largest absolute Gasteiger partial charge is 0.280 e. The number of aryl methyl sites for hydroxylation is 1. The number of fused-ring (bicyclic) bond motifs is 1. The molecule has 0 amide bonds. The molecule has 0 saturated heterocycles. The number of anilines is 1. The van der Waals surface area contributed by atoms with E-state index in [0.717, 1.165) is 16.7 Å². The number of sulfonamides is 1. The number of hydrogen-bond acceptors (Lipinski definition) is 6. The highest BCUT2D eigenvalue weighted by Gasteiger charge is 2.14. The van der Waals surface area contributed by atoms with Crippen molar-refractivity contribution in [2.75, 3.05) is 4.72 Å². The quantitative estimate of drug-likeness (QED) is 0.442. The van der Waals surface area contributed by atoms with Gasteiger partial charge in [-0.3, -0.25) is 9.71 Å². The minimum absolute atomic E-state index is 0.218. The fraction of sp³-hybridized carbons (Fsp3) is 0.0435. The molecule has 8 nitrogen and oxygen atoms in total. The van der Waals surface area contributed by atoms with Gasteiger partial charge in [0.1, 0.15) is 0 Å². The smallest absolute Gasteiger partial charge is 0.261 e. The zero-order valence-corrected chi connectivity index (χ0v) is 17.9. The van der Waals surface area contributed by atoms with E-state index in [2.05, 4.69) is 25.0 Å². The molecule has 1 N–H and O–H groups in total. The van der Waals surface area contributed by atoms with Gasteiger partial charge in [0.25, 0.3) is 10.0 Å².